The number of fused-ring (bicyclic) bond motifs is 1. The lowest BCUT2D eigenvalue weighted by molar-refractivity contribution is 0.244. The van der Waals surface area contributed by atoms with Gasteiger partial charge in [0.15, 0.2) is 0 Å². The van der Waals surface area contributed by atoms with Crippen LogP contribution in [0.4, 0.5) is 0 Å². The van der Waals surface area contributed by atoms with Crippen LogP contribution in [0.1, 0.15) is 5.56 Å². The summed E-state index contributed by atoms with van der Waals surface area (Å²) < 4.78 is 1.17. The molecule has 0 amide bonds. The van der Waals surface area contributed by atoms with E-state index in [9.17, 15) is 0 Å². The molecular weight excluding hydrogens is 290 g/mol. The quantitative estimate of drug-likeness (QED) is 0.912. The summed E-state index contributed by atoms with van der Waals surface area (Å²) in [5, 5.41) is 4.73. The largest absolute Gasteiger partial charge is 0.360 e. The van der Waals surface area contributed by atoms with E-state index in [0.29, 0.717) is 0 Å². The maximum atomic E-state index is 3.63. The number of rotatable bonds is 3. The second-order valence-electron chi connectivity index (χ2n) is 4.82. The number of hydrogen-bond acceptors (Lipinski definition) is 2. The highest BCUT2D eigenvalue weighted by molar-refractivity contribution is 9.10. The van der Waals surface area contributed by atoms with Gasteiger partial charge in [0, 0.05) is 54.3 Å². The molecule has 0 atom stereocenters. The molecular formula is C14H18BrN3. The second-order valence-corrected chi connectivity index (χ2v) is 5.67. The van der Waals surface area contributed by atoms with Crippen molar-refractivity contribution in [3.05, 3.63) is 34.4 Å². The first-order chi connectivity index (χ1) is 8.84. The summed E-state index contributed by atoms with van der Waals surface area (Å²) in [6.07, 6.45) is 3.15. The minimum Gasteiger partial charge on any atom is -0.360 e. The third kappa shape index (κ3) is 2.46. The number of nitrogens with zero attached hydrogens (tertiary/aromatic N) is 1. The minimum absolute atomic E-state index is 1.12. The Balaban J connectivity index is 1.75. The predicted octanol–water partition coefficient (Wildman–Crippen LogP) is 2.38. The fourth-order valence-electron chi connectivity index (χ4n) is 2.64. The topological polar surface area (TPSA) is 31.1 Å². The van der Waals surface area contributed by atoms with Crippen LogP contribution < -0.4 is 5.32 Å². The van der Waals surface area contributed by atoms with Crippen LogP contribution in [-0.2, 0) is 6.42 Å². The molecule has 2 aromatic rings. The molecule has 0 aliphatic carbocycles. The standard InChI is InChI=1S/C14H18BrN3/c15-12-10-17-13-3-1-2-11(14(12)13)4-7-18-8-5-16-6-9-18/h1-3,10,16-17H,4-9H2. The molecule has 1 fully saturated rings. The normalized spacial score (nSPS) is 17.4. The van der Waals surface area contributed by atoms with Gasteiger partial charge in [-0.3, -0.25) is 0 Å². The van der Waals surface area contributed by atoms with Crippen LogP contribution >= 0.6 is 15.9 Å². The molecule has 1 aliphatic rings. The molecule has 4 heteroatoms. The Morgan fingerprint density at radius 1 is 1.22 bits per heavy atom. The number of benzene rings is 1. The summed E-state index contributed by atoms with van der Waals surface area (Å²) in [5.41, 5.74) is 2.65. The van der Waals surface area contributed by atoms with Crippen LogP contribution in [0.25, 0.3) is 10.9 Å². The summed E-state index contributed by atoms with van der Waals surface area (Å²) in [6.45, 7) is 5.74. The summed E-state index contributed by atoms with van der Waals surface area (Å²) in [5.74, 6) is 0. The lowest BCUT2D eigenvalue weighted by Gasteiger charge is -2.27. The van der Waals surface area contributed by atoms with Gasteiger partial charge in [-0.2, -0.15) is 0 Å². The number of aromatic amines is 1. The number of H-pyrrole nitrogens is 1. The Hall–Kier alpha value is -0.840. The van der Waals surface area contributed by atoms with Gasteiger partial charge in [-0.15, -0.1) is 0 Å². The Morgan fingerprint density at radius 2 is 2.06 bits per heavy atom. The second kappa shape index (κ2) is 5.43. The fourth-order valence-corrected chi connectivity index (χ4v) is 3.22. The minimum atomic E-state index is 1.12. The van der Waals surface area contributed by atoms with Gasteiger partial charge in [0.1, 0.15) is 0 Å². The molecule has 0 unspecified atom stereocenters. The zero-order valence-electron chi connectivity index (χ0n) is 10.4. The van der Waals surface area contributed by atoms with Crippen LogP contribution in [0.2, 0.25) is 0 Å². The van der Waals surface area contributed by atoms with E-state index in [2.05, 4.69) is 49.3 Å². The van der Waals surface area contributed by atoms with Gasteiger partial charge in [-0.1, -0.05) is 12.1 Å². The van der Waals surface area contributed by atoms with Gasteiger partial charge in [0.25, 0.3) is 0 Å². The van der Waals surface area contributed by atoms with Crippen LogP contribution in [0.15, 0.2) is 28.9 Å². The van der Waals surface area contributed by atoms with Crippen molar-refractivity contribution >= 4 is 26.8 Å². The van der Waals surface area contributed by atoms with Crippen LogP contribution in [0, 0.1) is 0 Å². The maximum absolute atomic E-state index is 3.63. The van der Waals surface area contributed by atoms with E-state index >= 15 is 0 Å². The number of piperazine rings is 1. The molecule has 1 aromatic carbocycles. The molecule has 0 spiro atoms. The SMILES string of the molecule is Brc1c[nH]c2cccc(CCN3CCNCC3)c12. The van der Waals surface area contributed by atoms with Crippen molar-refractivity contribution in [3.8, 4) is 0 Å². The summed E-state index contributed by atoms with van der Waals surface area (Å²) in [4.78, 5) is 5.83. The van der Waals surface area contributed by atoms with E-state index in [4.69, 9.17) is 0 Å². The average molecular weight is 308 g/mol. The predicted molar refractivity (Wildman–Crippen MR) is 79.0 cm³/mol. The van der Waals surface area contributed by atoms with E-state index in [1.54, 1.807) is 0 Å². The first-order valence-corrected chi connectivity index (χ1v) is 7.31. The van der Waals surface area contributed by atoms with Gasteiger partial charge in [0.2, 0.25) is 0 Å². The van der Waals surface area contributed by atoms with Gasteiger partial charge in [-0.25, -0.2) is 0 Å². The number of nitrogens with one attached hydrogen (secondary N) is 2. The number of hydrogen-bond donors (Lipinski definition) is 2. The molecule has 2 N–H and O–H groups in total. The number of aromatic nitrogens is 1. The number of halogens is 1. The smallest absolute Gasteiger partial charge is 0.0468 e. The lowest BCUT2D eigenvalue weighted by atomic mass is 10.1. The first-order valence-electron chi connectivity index (χ1n) is 6.52. The Labute approximate surface area is 116 Å². The van der Waals surface area contributed by atoms with Gasteiger partial charge in [0.05, 0.1) is 0 Å². The van der Waals surface area contributed by atoms with Gasteiger partial charge >= 0.3 is 0 Å². The molecule has 1 aliphatic heterocycles. The first kappa shape index (κ1) is 12.2. The molecule has 96 valence electrons. The van der Waals surface area contributed by atoms with Crippen LogP contribution in [0.3, 0.4) is 0 Å². The highest BCUT2D eigenvalue weighted by atomic mass is 79.9. The van der Waals surface area contributed by atoms with Gasteiger partial charge < -0.3 is 15.2 Å². The Bertz CT molecular complexity index is 529. The van der Waals surface area contributed by atoms with Crippen molar-refractivity contribution in [1.29, 1.82) is 0 Å². The molecule has 18 heavy (non-hydrogen) atoms. The van der Waals surface area contributed by atoms with Crippen molar-refractivity contribution in [2.24, 2.45) is 0 Å². The van der Waals surface area contributed by atoms with Crippen LogP contribution in [-0.4, -0.2) is 42.6 Å². The zero-order valence-corrected chi connectivity index (χ0v) is 12.0. The average Bonchev–Trinajstić information content (AvgIpc) is 2.80. The zero-order chi connectivity index (χ0) is 12.4. The summed E-state index contributed by atoms with van der Waals surface area (Å²) >= 11 is 3.63. The van der Waals surface area contributed by atoms with E-state index in [-0.39, 0.29) is 0 Å². The van der Waals surface area contributed by atoms with Crippen molar-refractivity contribution in [2.75, 3.05) is 32.7 Å². The monoisotopic (exact) mass is 307 g/mol. The highest BCUT2D eigenvalue weighted by Crippen LogP contribution is 2.27. The van der Waals surface area contributed by atoms with E-state index < -0.39 is 0 Å². The van der Waals surface area contributed by atoms with Crippen molar-refractivity contribution in [1.82, 2.24) is 15.2 Å². The molecule has 0 bridgehead atoms. The molecule has 3 nitrogen and oxygen atoms in total. The van der Waals surface area contributed by atoms with Gasteiger partial charge in [-0.05, 0) is 34.0 Å². The van der Waals surface area contributed by atoms with Crippen LogP contribution in [0.5, 0.6) is 0 Å². The molecule has 3 rings (SSSR count). The van der Waals surface area contributed by atoms with E-state index in [1.165, 1.54) is 34.0 Å². The third-order valence-corrected chi connectivity index (χ3v) is 4.28. The fraction of sp³-hybridized carbons (Fsp3) is 0.429. The maximum Gasteiger partial charge on any atom is 0.0468 e. The van der Waals surface area contributed by atoms with Crippen molar-refractivity contribution in [3.63, 3.8) is 0 Å². The third-order valence-electron chi connectivity index (χ3n) is 3.65. The molecule has 0 saturated carbocycles. The van der Waals surface area contributed by atoms with Crippen molar-refractivity contribution < 1.29 is 0 Å². The molecule has 2 heterocycles. The Kier molecular flexibility index (Phi) is 3.68. The lowest BCUT2D eigenvalue weighted by Crippen LogP contribution is -2.44. The molecule has 0 radical (unpaired) electrons. The molecule has 1 saturated heterocycles. The Morgan fingerprint density at radius 3 is 2.89 bits per heavy atom. The van der Waals surface area contributed by atoms with E-state index in [1.807, 2.05) is 6.20 Å². The summed E-state index contributed by atoms with van der Waals surface area (Å²) in [7, 11) is 0. The molecule has 1 aromatic heterocycles. The highest BCUT2D eigenvalue weighted by Gasteiger charge is 2.11. The summed E-state index contributed by atoms with van der Waals surface area (Å²) in [6, 6.07) is 6.51. The van der Waals surface area contributed by atoms with E-state index in [0.717, 1.165) is 26.1 Å². The van der Waals surface area contributed by atoms with Crippen molar-refractivity contribution in [2.45, 2.75) is 6.42 Å².